The van der Waals surface area contributed by atoms with E-state index in [0.717, 1.165) is 70.0 Å². The van der Waals surface area contributed by atoms with Crippen molar-refractivity contribution < 1.29 is 14.3 Å². The minimum atomic E-state index is -0.268. The third-order valence-electron chi connectivity index (χ3n) is 7.72. The fraction of sp³-hybridized carbons (Fsp3) is 0.600. The van der Waals surface area contributed by atoms with E-state index < -0.39 is 0 Å². The Bertz CT molecular complexity index is 975. The SMILES string of the molecule is NCCCCOC1C[C@H](CN(CCCCN)[C@H]2CCCc3cccnc32)N(C(=O)OCc2ccccc2)C1. The summed E-state index contributed by atoms with van der Waals surface area (Å²) in [6.07, 6.45) is 9.65. The Balaban J connectivity index is 1.48. The third kappa shape index (κ3) is 7.99. The van der Waals surface area contributed by atoms with Crippen molar-refractivity contribution in [2.75, 3.05) is 39.3 Å². The molecule has 0 bridgehead atoms. The Morgan fingerprint density at radius 2 is 1.87 bits per heavy atom. The molecule has 1 aromatic heterocycles. The molecule has 0 saturated carbocycles. The van der Waals surface area contributed by atoms with Crippen LogP contribution in [0.4, 0.5) is 4.79 Å². The number of pyridine rings is 1. The van der Waals surface area contributed by atoms with Crippen LogP contribution in [0.1, 0.15) is 67.8 Å². The van der Waals surface area contributed by atoms with Crippen LogP contribution in [0.25, 0.3) is 0 Å². The van der Waals surface area contributed by atoms with Crippen LogP contribution in [0.2, 0.25) is 0 Å². The van der Waals surface area contributed by atoms with Gasteiger partial charge in [-0.15, -0.1) is 0 Å². The van der Waals surface area contributed by atoms with Gasteiger partial charge >= 0.3 is 6.09 Å². The minimum Gasteiger partial charge on any atom is -0.445 e. The van der Waals surface area contributed by atoms with Crippen molar-refractivity contribution in [3.8, 4) is 0 Å². The zero-order chi connectivity index (χ0) is 26.6. The summed E-state index contributed by atoms with van der Waals surface area (Å²) in [5.74, 6) is 0. The molecule has 1 unspecified atom stereocenters. The fourth-order valence-electron chi connectivity index (χ4n) is 5.73. The van der Waals surface area contributed by atoms with Crippen molar-refractivity contribution in [3.05, 3.63) is 65.5 Å². The van der Waals surface area contributed by atoms with E-state index in [1.807, 2.05) is 47.5 Å². The summed E-state index contributed by atoms with van der Waals surface area (Å²) in [4.78, 5) is 22.6. The molecule has 1 fully saturated rings. The van der Waals surface area contributed by atoms with E-state index in [1.165, 1.54) is 11.3 Å². The van der Waals surface area contributed by atoms with Crippen molar-refractivity contribution >= 4 is 6.09 Å². The lowest BCUT2D eigenvalue weighted by Crippen LogP contribution is -2.45. The Kier molecular flexibility index (Phi) is 11.4. The summed E-state index contributed by atoms with van der Waals surface area (Å²) >= 11 is 0. The first-order valence-corrected chi connectivity index (χ1v) is 14.4. The van der Waals surface area contributed by atoms with Gasteiger partial charge in [-0.2, -0.15) is 0 Å². The number of rotatable bonds is 14. The number of carbonyl (C=O) groups excluding carboxylic acids is 1. The first-order valence-electron chi connectivity index (χ1n) is 14.4. The lowest BCUT2D eigenvalue weighted by atomic mass is 9.90. The quantitative estimate of drug-likeness (QED) is 0.360. The second-order valence-corrected chi connectivity index (χ2v) is 10.5. The van der Waals surface area contributed by atoms with Gasteiger partial charge in [0.1, 0.15) is 6.61 Å². The molecule has 1 aliphatic carbocycles. The summed E-state index contributed by atoms with van der Waals surface area (Å²) < 4.78 is 12.0. The van der Waals surface area contributed by atoms with Crippen LogP contribution in [0, 0.1) is 0 Å². The van der Waals surface area contributed by atoms with E-state index in [9.17, 15) is 4.79 Å². The first kappa shape index (κ1) is 28.5. The average Bonchev–Trinajstić information content (AvgIpc) is 3.36. The largest absolute Gasteiger partial charge is 0.445 e. The van der Waals surface area contributed by atoms with E-state index in [0.29, 0.717) is 26.2 Å². The lowest BCUT2D eigenvalue weighted by Gasteiger charge is -2.38. The standard InChI is InChI=1S/C30H45N5O3/c31-15-4-6-18-34(28-14-8-12-25-13-9-17-33-29(25)28)21-26-20-27(37-19-7-5-16-32)22-35(26)30(36)38-23-24-10-2-1-3-11-24/h1-3,9-11,13,17,26-28H,4-8,12,14-16,18-23,31-32H2/t26-,27?,28+/m1/s1. The second kappa shape index (κ2) is 15.2. The van der Waals surface area contributed by atoms with Crippen molar-refractivity contribution in [3.63, 3.8) is 0 Å². The Morgan fingerprint density at radius 1 is 1.05 bits per heavy atom. The molecule has 1 saturated heterocycles. The molecule has 1 aromatic carbocycles. The third-order valence-corrected chi connectivity index (χ3v) is 7.72. The fourth-order valence-corrected chi connectivity index (χ4v) is 5.73. The number of hydrogen-bond donors (Lipinski definition) is 2. The van der Waals surface area contributed by atoms with Gasteiger partial charge in [-0.1, -0.05) is 36.4 Å². The number of carbonyl (C=O) groups is 1. The summed E-state index contributed by atoms with van der Waals surface area (Å²) in [6, 6.07) is 14.4. The van der Waals surface area contributed by atoms with Gasteiger partial charge in [-0.3, -0.25) is 9.88 Å². The van der Waals surface area contributed by atoms with Gasteiger partial charge in [-0.25, -0.2) is 4.79 Å². The van der Waals surface area contributed by atoms with Crippen molar-refractivity contribution in [2.24, 2.45) is 11.5 Å². The summed E-state index contributed by atoms with van der Waals surface area (Å²) in [7, 11) is 0. The molecule has 2 aliphatic rings. The van der Waals surface area contributed by atoms with Crippen LogP contribution in [0.5, 0.6) is 0 Å². The predicted octanol–water partition coefficient (Wildman–Crippen LogP) is 4.04. The van der Waals surface area contributed by atoms with E-state index in [2.05, 4.69) is 11.0 Å². The monoisotopic (exact) mass is 523 g/mol. The Hall–Kier alpha value is -2.52. The number of unbranched alkanes of at least 4 members (excludes halogenated alkanes) is 2. The van der Waals surface area contributed by atoms with E-state index in [4.69, 9.17) is 25.9 Å². The first-order chi connectivity index (χ1) is 18.7. The molecule has 8 nitrogen and oxygen atoms in total. The van der Waals surface area contributed by atoms with E-state index in [1.54, 1.807) is 0 Å². The molecule has 0 spiro atoms. The number of fused-ring (bicyclic) bond motifs is 1. The summed E-state index contributed by atoms with van der Waals surface area (Å²) in [5.41, 5.74) is 15.0. The number of nitrogens with two attached hydrogens (primary N) is 2. The zero-order valence-corrected chi connectivity index (χ0v) is 22.7. The normalized spacial score (nSPS) is 21.0. The number of hydrogen-bond acceptors (Lipinski definition) is 7. The minimum absolute atomic E-state index is 0.00436. The molecule has 4 rings (SSSR count). The zero-order valence-electron chi connectivity index (χ0n) is 22.7. The van der Waals surface area contributed by atoms with Crippen molar-refractivity contribution in [1.82, 2.24) is 14.8 Å². The van der Waals surface area contributed by atoms with Crippen LogP contribution < -0.4 is 11.5 Å². The highest BCUT2D eigenvalue weighted by Crippen LogP contribution is 2.34. The van der Waals surface area contributed by atoms with Crippen LogP contribution in [-0.2, 0) is 22.5 Å². The Morgan fingerprint density at radius 3 is 2.68 bits per heavy atom. The molecule has 1 amide bonds. The Labute approximate surface area is 227 Å². The predicted molar refractivity (Wildman–Crippen MR) is 150 cm³/mol. The molecular formula is C30H45N5O3. The van der Waals surface area contributed by atoms with Crippen LogP contribution in [-0.4, -0.2) is 72.4 Å². The molecule has 2 aromatic rings. The molecule has 8 heteroatoms. The van der Waals surface area contributed by atoms with Crippen LogP contribution >= 0.6 is 0 Å². The summed E-state index contributed by atoms with van der Waals surface area (Å²) in [6.45, 7) is 4.55. The maximum Gasteiger partial charge on any atom is 0.410 e. The van der Waals surface area contributed by atoms with Gasteiger partial charge in [0.05, 0.1) is 30.4 Å². The van der Waals surface area contributed by atoms with E-state index in [-0.39, 0.29) is 30.9 Å². The average molecular weight is 524 g/mol. The number of ether oxygens (including phenoxy) is 2. The number of amides is 1. The van der Waals surface area contributed by atoms with E-state index >= 15 is 0 Å². The number of aryl methyl sites for hydroxylation is 1. The molecule has 38 heavy (non-hydrogen) atoms. The molecule has 1 aliphatic heterocycles. The molecule has 0 radical (unpaired) electrons. The summed E-state index contributed by atoms with van der Waals surface area (Å²) in [5, 5.41) is 0. The van der Waals surface area contributed by atoms with Gasteiger partial charge in [0.2, 0.25) is 0 Å². The second-order valence-electron chi connectivity index (χ2n) is 10.5. The topological polar surface area (TPSA) is 107 Å². The van der Waals surface area contributed by atoms with Gasteiger partial charge in [0.15, 0.2) is 0 Å². The molecule has 208 valence electrons. The highest BCUT2D eigenvalue weighted by Gasteiger charge is 2.39. The van der Waals surface area contributed by atoms with Gasteiger partial charge < -0.3 is 25.8 Å². The van der Waals surface area contributed by atoms with Crippen LogP contribution in [0.3, 0.4) is 0 Å². The molecule has 2 heterocycles. The molecule has 4 N–H and O–H groups in total. The van der Waals surface area contributed by atoms with Gasteiger partial charge in [0, 0.05) is 19.3 Å². The maximum absolute atomic E-state index is 13.4. The number of aromatic nitrogens is 1. The highest BCUT2D eigenvalue weighted by molar-refractivity contribution is 5.68. The highest BCUT2D eigenvalue weighted by atomic mass is 16.6. The smallest absolute Gasteiger partial charge is 0.410 e. The van der Waals surface area contributed by atoms with Crippen LogP contribution in [0.15, 0.2) is 48.7 Å². The molecule has 3 atom stereocenters. The number of benzene rings is 1. The maximum atomic E-state index is 13.4. The van der Waals surface area contributed by atoms with Gasteiger partial charge in [0.25, 0.3) is 0 Å². The van der Waals surface area contributed by atoms with Crippen molar-refractivity contribution in [2.45, 2.75) is 76.2 Å². The van der Waals surface area contributed by atoms with Crippen molar-refractivity contribution in [1.29, 1.82) is 0 Å². The number of likely N-dealkylation sites (tertiary alicyclic amines) is 1. The van der Waals surface area contributed by atoms with Gasteiger partial charge in [-0.05, 0) is 88.2 Å². The number of nitrogens with zero attached hydrogens (tertiary/aromatic N) is 3. The lowest BCUT2D eigenvalue weighted by molar-refractivity contribution is 0.0515. The molecular weight excluding hydrogens is 478 g/mol.